The molecule has 0 fully saturated rings. The number of halogens is 2. The normalized spacial score (nSPS) is 15.0. The Morgan fingerprint density at radius 3 is 2.00 bits per heavy atom. The number of rotatable bonds is 3. The zero-order valence-corrected chi connectivity index (χ0v) is 6.82. The molecule has 0 saturated heterocycles. The number of aliphatic carboxylic acids is 1. The molecular weight excluding hydrogens is 178 g/mol. The maximum absolute atomic E-state index is 12.3. The Bertz CT molecular complexity index is 190. The second-order valence-corrected chi connectivity index (χ2v) is 4.22. The van der Waals surface area contributed by atoms with Crippen LogP contribution in [0.1, 0.15) is 13.8 Å². The van der Waals surface area contributed by atoms with Gasteiger partial charge in [-0.25, -0.2) is 4.79 Å². The van der Waals surface area contributed by atoms with Crippen molar-refractivity contribution in [3.8, 4) is 0 Å². The fourth-order valence-electron chi connectivity index (χ4n) is 0.382. The van der Waals surface area contributed by atoms with Crippen LogP contribution in [0.25, 0.3) is 0 Å². The van der Waals surface area contributed by atoms with Gasteiger partial charge in [-0.2, -0.15) is 8.78 Å². The Morgan fingerprint density at radius 2 is 1.91 bits per heavy atom. The van der Waals surface area contributed by atoms with Crippen LogP contribution in [0.15, 0.2) is 0 Å². The molecule has 0 aromatic carbocycles. The molecule has 0 amide bonds. The van der Waals surface area contributed by atoms with Crippen molar-refractivity contribution >= 4 is 16.8 Å². The number of hydrogen-bond acceptors (Lipinski definition) is 2. The van der Waals surface area contributed by atoms with E-state index in [-0.39, 0.29) is 0 Å². The van der Waals surface area contributed by atoms with Crippen LogP contribution < -0.4 is 0 Å². The minimum atomic E-state index is -4.13. The Morgan fingerprint density at radius 1 is 1.55 bits per heavy atom. The molecule has 0 saturated carbocycles. The largest absolute Gasteiger partial charge is 0.476 e. The zero-order chi connectivity index (χ0) is 9.23. The van der Waals surface area contributed by atoms with Gasteiger partial charge < -0.3 is 5.11 Å². The van der Waals surface area contributed by atoms with Crippen molar-refractivity contribution in [2.45, 2.75) is 24.4 Å². The third-order valence-corrected chi connectivity index (χ3v) is 2.47. The molecular formula is C5H8F2O3S. The summed E-state index contributed by atoms with van der Waals surface area (Å²) < 4.78 is 35.2. The SMILES string of the molecule is CC(C)S(=O)C(F)(F)C(=O)O. The molecule has 0 spiro atoms. The summed E-state index contributed by atoms with van der Waals surface area (Å²) in [6.45, 7) is 2.54. The van der Waals surface area contributed by atoms with Gasteiger partial charge in [0.1, 0.15) is 10.8 Å². The van der Waals surface area contributed by atoms with E-state index >= 15 is 0 Å². The first-order valence-corrected chi connectivity index (χ1v) is 4.03. The quantitative estimate of drug-likeness (QED) is 0.710. The van der Waals surface area contributed by atoms with Crippen molar-refractivity contribution in [1.82, 2.24) is 0 Å². The number of carbonyl (C=O) groups is 1. The predicted molar refractivity (Wildman–Crippen MR) is 35.9 cm³/mol. The van der Waals surface area contributed by atoms with Gasteiger partial charge >= 0.3 is 11.2 Å². The summed E-state index contributed by atoms with van der Waals surface area (Å²) in [6, 6.07) is 0. The number of carboxylic acids is 1. The molecule has 1 N–H and O–H groups in total. The molecule has 0 aliphatic rings. The Kier molecular flexibility index (Phi) is 3.10. The fraction of sp³-hybridized carbons (Fsp3) is 0.800. The van der Waals surface area contributed by atoms with E-state index in [2.05, 4.69) is 0 Å². The molecule has 6 heteroatoms. The van der Waals surface area contributed by atoms with E-state index < -0.39 is 27.3 Å². The smallest absolute Gasteiger partial charge is 0.415 e. The summed E-state index contributed by atoms with van der Waals surface area (Å²) in [5.74, 6) is -2.34. The molecule has 1 atom stereocenters. The summed E-state index contributed by atoms with van der Waals surface area (Å²) in [5, 5.41) is 2.93. The van der Waals surface area contributed by atoms with Crippen molar-refractivity contribution in [3.63, 3.8) is 0 Å². The van der Waals surface area contributed by atoms with Gasteiger partial charge in [-0.05, 0) is 0 Å². The minimum Gasteiger partial charge on any atom is -0.476 e. The highest BCUT2D eigenvalue weighted by Crippen LogP contribution is 2.21. The van der Waals surface area contributed by atoms with Gasteiger partial charge in [-0.1, -0.05) is 13.8 Å². The summed E-state index contributed by atoms with van der Waals surface area (Å²) in [6.07, 6.45) is 0. The third kappa shape index (κ3) is 2.21. The first-order valence-electron chi connectivity index (χ1n) is 2.82. The van der Waals surface area contributed by atoms with E-state index in [0.717, 1.165) is 0 Å². The molecule has 0 rings (SSSR count). The number of alkyl halides is 2. The summed E-state index contributed by atoms with van der Waals surface area (Å²) in [7, 11) is -2.65. The highest BCUT2D eigenvalue weighted by molar-refractivity contribution is 7.87. The van der Waals surface area contributed by atoms with Crippen molar-refractivity contribution in [1.29, 1.82) is 0 Å². The average molecular weight is 186 g/mol. The van der Waals surface area contributed by atoms with Gasteiger partial charge in [0.2, 0.25) is 0 Å². The minimum absolute atomic E-state index is 0.860. The van der Waals surface area contributed by atoms with Crippen LogP contribution >= 0.6 is 0 Å². The van der Waals surface area contributed by atoms with E-state index in [1.165, 1.54) is 13.8 Å². The van der Waals surface area contributed by atoms with Crippen LogP contribution in [0, 0.1) is 0 Å². The third-order valence-electron chi connectivity index (χ3n) is 0.930. The second-order valence-electron chi connectivity index (χ2n) is 2.17. The summed E-state index contributed by atoms with van der Waals surface area (Å²) in [5.41, 5.74) is 0. The maximum Gasteiger partial charge on any atom is 0.415 e. The molecule has 3 nitrogen and oxygen atoms in total. The van der Waals surface area contributed by atoms with Gasteiger partial charge in [0.05, 0.1) is 0 Å². The lowest BCUT2D eigenvalue weighted by Crippen LogP contribution is -2.37. The van der Waals surface area contributed by atoms with Crippen LogP contribution in [0.2, 0.25) is 0 Å². The highest BCUT2D eigenvalue weighted by Gasteiger charge is 2.47. The van der Waals surface area contributed by atoms with Crippen LogP contribution in [0.4, 0.5) is 8.78 Å². The standard InChI is InChI=1S/C5H8F2O3S/c1-3(2)11(10)5(6,7)4(8)9/h3H,1-2H3,(H,8,9). The lowest BCUT2D eigenvalue weighted by atomic mass is 10.6. The van der Waals surface area contributed by atoms with Crippen LogP contribution in [-0.4, -0.2) is 25.8 Å². The molecule has 0 heterocycles. The highest BCUT2D eigenvalue weighted by atomic mass is 32.2. The monoisotopic (exact) mass is 186 g/mol. The van der Waals surface area contributed by atoms with Gasteiger partial charge in [0.15, 0.2) is 0 Å². The van der Waals surface area contributed by atoms with E-state index in [4.69, 9.17) is 5.11 Å². The van der Waals surface area contributed by atoms with Crippen molar-refractivity contribution in [2.75, 3.05) is 0 Å². The lowest BCUT2D eigenvalue weighted by Gasteiger charge is -2.12. The molecule has 66 valence electrons. The summed E-state index contributed by atoms with van der Waals surface area (Å²) >= 11 is 0. The molecule has 1 unspecified atom stereocenters. The van der Waals surface area contributed by atoms with Crippen LogP contribution in [0.3, 0.4) is 0 Å². The molecule has 0 bridgehead atoms. The Hall–Kier alpha value is -0.520. The Labute approximate surface area is 64.9 Å². The molecule has 0 aromatic heterocycles. The zero-order valence-electron chi connectivity index (χ0n) is 6.01. The van der Waals surface area contributed by atoms with E-state index in [1.807, 2.05) is 0 Å². The van der Waals surface area contributed by atoms with Crippen molar-refractivity contribution < 1.29 is 22.9 Å². The van der Waals surface area contributed by atoms with Gasteiger partial charge in [0.25, 0.3) is 0 Å². The second kappa shape index (κ2) is 3.25. The molecule has 0 aromatic rings. The van der Waals surface area contributed by atoms with E-state index in [1.54, 1.807) is 0 Å². The first kappa shape index (κ1) is 10.5. The maximum atomic E-state index is 12.3. The molecule has 0 radical (unpaired) electrons. The molecule has 0 aliphatic carbocycles. The number of hydrogen-bond donors (Lipinski definition) is 1. The molecule has 0 aliphatic heterocycles. The number of carboxylic acid groups (broad SMARTS) is 1. The van der Waals surface area contributed by atoms with Gasteiger partial charge in [0, 0.05) is 5.25 Å². The van der Waals surface area contributed by atoms with Gasteiger partial charge in [-0.3, -0.25) is 4.21 Å². The van der Waals surface area contributed by atoms with Crippen molar-refractivity contribution in [2.24, 2.45) is 0 Å². The summed E-state index contributed by atoms with van der Waals surface area (Å²) in [4.78, 5) is 9.82. The van der Waals surface area contributed by atoms with E-state index in [0.29, 0.717) is 0 Å². The van der Waals surface area contributed by atoms with Crippen LogP contribution in [0.5, 0.6) is 0 Å². The van der Waals surface area contributed by atoms with Gasteiger partial charge in [-0.15, -0.1) is 0 Å². The fourth-order valence-corrected chi connectivity index (χ4v) is 1.15. The Balaban J connectivity index is 4.56. The van der Waals surface area contributed by atoms with Crippen LogP contribution in [-0.2, 0) is 15.6 Å². The van der Waals surface area contributed by atoms with Crippen molar-refractivity contribution in [3.05, 3.63) is 0 Å². The lowest BCUT2D eigenvalue weighted by molar-refractivity contribution is -0.153. The topological polar surface area (TPSA) is 54.4 Å². The van der Waals surface area contributed by atoms with E-state index in [9.17, 15) is 17.8 Å². The molecule has 11 heavy (non-hydrogen) atoms. The average Bonchev–Trinajstić information content (AvgIpc) is 1.85. The first-order chi connectivity index (χ1) is 4.80. The predicted octanol–water partition coefficient (Wildman–Crippen LogP) is 0.821.